The van der Waals surface area contributed by atoms with Crippen molar-refractivity contribution in [1.29, 1.82) is 0 Å². The molecule has 1 saturated carbocycles. The Hall–Kier alpha value is -0.120. The number of rotatable bonds is 4. The summed E-state index contributed by atoms with van der Waals surface area (Å²) in [5.41, 5.74) is 0. The average Bonchev–Trinajstić information content (AvgIpc) is 2.37. The van der Waals surface area contributed by atoms with Crippen LogP contribution in [0.3, 0.4) is 0 Å². The molecule has 0 aromatic rings. The van der Waals surface area contributed by atoms with Gasteiger partial charge < -0.3 is 10.2 Å². The fraction of sp³-hybridized carbons (Fsp3) is 1.00. The predicted molar refractivity (Wildman–Crippen MR) is 78.0 cm³/mol. The lowest BCUT2D eigenvalue weighted by Crippen LogP contribution is -2.55. The minimum absolute atomic E-state index is 0.744. The molecule has 106 valence electrons. The van der Waals surface area contributed by atoms with Gasteiger partial charge in [-0.2, -0.15) is 0 Å². The summed E-state index contributed by atoms with van der Waals surface area (Å²) in [6, 6.07) is 2.39. The first-order valence-electron chi connectivity index (χ1n) is 7.88. The van der Waals surface area contributed by atoms with Crippen LogP contribution in [0.1, 0.15) is 46.0 Å². The molecular weight excluding hydrogens is 222 g/mol. The van der Waals surface area contributed by atoms with Gasteiger partial charge in [0.2, 0.25) is 0 Å². The molecule has 2 rings (SSSR count). The monoisotopic (exact) mass is 253 g/mol. The van der Waals surface area contributed by atoms with E-state index in [0.717, 1.165) is 18.1 Å². The average molecular weight is 253 g/mol. The summed E-state index contributed by atoms with van der Waals surface area (Å²) in [5.74, 6) is 0. The van der Waals surface area contributed by atoms with Crippen LogP contribution in [0.15, 0.2) is 0 Å². The zero-order chi connectivity index (χ0) is 13.0. The molecule has 0 radical (unpaired) electrons. The van der Waals surface area contributed by atoms with Crippen molar-refractivity contribution < 1.29 is 0 Å². The summed E-state index contributed by atoms with van der Waals surface area (Å²) >= 11 is 0. The third-order valence-electron chi connectivity index (χ3n) is 4.73. The maximum atomic E-state index is 3.69. The van der Waals surface area contributed by atoms with E-state index in [4.69, 9.17) is 0 Å². The van der Waals surface area contributed by atoms with Gasteiger partial charge in [-0.25, -0.2) is 0 Å². The Bertz CT molecular complexity index is 236. The Morgan fingerprint density at radius 3 is 2.44 bits per heavy atom. The van der Waals surface area contributed by atoms with Gasteiger partial charge in [0, 0.05) is 37.8 Å². The summed E-state index contributed by atoms with van der Waals surface area (Å²) in [7, 11) is 2.25. The quantitative estimate of drug-likeness (QED) is 0.826. The van der Waals surface area contributed by atoms with E-state index < -0.39 is 0 Å². The summed E-state index contributed by atoms with van der Waals surface area (Å²) in [6.45, 7) is 9.61. The topological polar surface area (TPSA) is 18.5 Å². The van der Waals surface area contributed by atoms with E-state index >= 15 is 0 Å². The Morgan fingerprint density at radius 2 is 1.83 bits per heavy atom. The van der Waals surface area contributed by atoms with Gasteiger partial charge in [-0.1, -0.05) is 6.92 Å². The van der Waals surface area contributed by atoms with Crippen LogP contribution in [0.2, 0.25) is 0 Å². The van der Waals surface area contributed by atoms with Crippen LogP contribution in [-0.2, 0) is 0 Å². The standard InChI is InChI=1S/C15H31N3/c1-4-9-16-14-5-7-15(8-6-14)18-11-10-17(3)12-13(18)2/h13-16H,4-12H2,1-3H3. The molecule has 3 heteroatoms. The second-order valence-electron chi connectivity index (χ2n) is 6.31. The summed E-state index contributed by atoms with van der Waals surface area (Å²) in [4.78, 5) is 5.24. The normalized spacial score (nSPS) is 35.8. The number of piperazine rings is 1. The van der Waals surface area contributed by atoms with Crippen molar-refractivity contribution in [2.24, 2.45) is 0 Å². The summed E-state index contributed by atoms with van der Waals surface area (Å²) < 4.78 is 0. The van der Waals surface area contributed by atoms with Crippen LogP contribution in [0.25, 0.3) is 0 Å². The molecule has 2 fully saturated rings. The highest BCUT2D eigenvalue weighted by atomic mass is 15.3. The zero-order valence-electron chi connectivity index (χ0n) is 12.5. The smallest absolute Gasteiger partial charge is 0.0198 e. The van der Waals surface area contributed by atoms with Gasteiger partial charge >= 0.3 is 0 Å². The fourth-order valence-electron chi connectivity index (χ4n) is 3.66. The Morgan fingerprint density at radius 1 is 1.11 bits per heavy atom. The maximum absolute atomic E-state index is 3.69. The third kappa shape index (κ3) is 3.69. The fourth-order valence-corrected chi connectivity index (χ4v) is 3.66. The van der Waals surface area contributed by atoms with Crippen molar-refractivity contribution >= 4 is 0 Å². The highest BCUT2D eigenvalue weighted by Gasteiger charge is 2.30. The number of hydrogen-bond donors (Lipinski definition) is 1. The van der Waals surface area contributed by atoms with E-state index in [-0.39, 0.29) is 0 Å². The highest BCUT2D eigenvalue weighted by Crippen LogP contribution is 2.26. The van der Waals surface area contributed by atoms with Crippen molar-refractivity contribution in [2.75, 3.05) is 33.2 Å². The van der Waals surface area contributed by atoms with Crippen molar-refractivity contribution in [3.05, 3.63) is 0 Å². The van der Waals surface area contributed by atoms with Crippen LogP contribution < -0.4 is 5.32 Å². The molecule has 0 spiro atoms. The second kappa shape index (κ2) is 6.88. The SMILES string of the molecule is CCCNC1CCC(N2CCN(C)CC2C)CC1. The molecule has 1 saturated heterocycles. The minimum atomic E-state index is 0.744. The van der Waals surface area contributed by atoms with Crippen molar-refractivity contribution in [3.8, 4) is 0 Å². The maximum Gasteiger partial charge on any atom is 0.0198 e. The van der Waals surface area contributed by atoms with Gasteiger partial charge in [0.25, 0.3) is 0 Å². The van der Waals surface area contributed by atoms with Gasteiger partial charge in [-0.3, -0.25) is 4.90 Å². The molecule has 18 heavy (non-hydrogen) atoms. The Labute approximate surface area is 113 Å². The molecule has 1 N–H and O–H groups in total. The van der Waals surface area contributed by atoms with Crippen LogP contribution in [0.4, 0.5) is 0 Å². The van der Waals surface area contributed by atoms with Crippen molar-refractivity contribution in [2.45, 2.75) is 64.1 Å². The molecule has 0 amide bonds. The zero-order valence-corrected chi connectivity index (χ0v) is 12.5. The number of likely N-dealkylation sites (N-methyl/N-ethyl adjacent to an activating group) is 1. The first kappa shape index (κ1) is 14.3. The third-order valence-corrected chi connectivity index (χ3v) is 4.73. The van der Waals surface area contributed by atoms with Crippen LogP contribution >= 0.6 is 0 Å². The highest BCUT2D eigenvalue weighted by molar-refractivity contribution is 4.88. The van der Waals surface area contributed by atoms with Gasteiger partial charge in [0.15, 0.2) is 0 Å². The van der Waals surface area contributed by atoms with Crippen LogP contribution in [0.5, 0.6) is 0 Å². The molecule has 2 aliphatic rings. The number of hydrogen-bond acceptors (Lipinski definition) is 3. The second-order valence-corrected chi connectivity index (χ2v) is 6.31. The van der Waals surface area contributed by atoms with E-state index in [1.165, 1.54) is 58.3 Å². The van der Waals surface area contributed by atoms with Crippen LogP contribution in [-0.4, -0.2) is 61.2 Å². The largest absolute Gasteiger partial charge is 0.314 e. The molecule has 0 aromatic heterocycles. The first-order chi connectivity index (χ1) is 8.70. The summed E-state index contributed by atoms with van der Waals surface area (Å²) in [5, 5.41) is 3.69. The molecule has 0 bridgehead atoms. The predicted octanol–water partition coefficient (Wildman–Crippen LogP) is 1.93. The van der Waals surface area contributed by atoms with Gasteiger partial charge in [-0.05, 0) is 52.6 Å². The minimum Gasteiger partial charge on any atom is -0.314 e. The first-order valence-corrected chi connectivity index (χ1v) is 7.88. The van der Waals surface area contributed by atoms with Crippen molar-refractivity contribution in [3.63, 3.8) is 0 Å². The van der Waals surface area contributed by atoms with E-state index in [2.05, 4.69) is 36.0 Å². The number of nitrogens with zero attached hydrogens (tertiary/aromatic N) is 2. The molecule has 1 aliphatic carbocycles. The molecule has 1 unspecified atom stereocenters. The van der Waals surface area contributed by atoms with Crippen LogP contribution in [0, 0.1) is 0 Å². The molecule has 1 aliphatic heterocycles. The van der Waals surface area contributed by atoms with E-state index in [9.17, 15) is 0 Å². The molecule has 1 heterocycles. The van der Waals surface area contributed by atoms with E-state index in [0.29, 0.717) is 0 Å². The number of nitrogens with one attached hydrogen (secondary N) is 1. The lowest BCUT2D eigenvalue weighted by atomic mass is 9.89. The molecule has 1 atom stereocenters. The van der Waals surface area contributed by atoms with E-state index in [1.807, 2.05) is 0 Å². The Kier molecular flexibility index (Phi) is 5.46. The lowest BCUT2D eigenvalue weighted by Gasteiger charge is -2.45. The molecule has 0 aromatic carbocycles. The van der Waals surface area contributed by atoms with Gasteiger partial charge in [0.1, 0.15) is 0 Å². The Balaban J connectivity index is 1.75. The van der Waals surface area contributed by atoms with Gasteiger partial charge in [-0.15, -0.1) is 0 Å². The van der Waals surface area contributed by atoms with E-state index in [1.54, 1.807) is 0 Å². The van der Waals surface area contributed by atoms with Gasteiger partial charge in [0.05, 0.1) is 0 Å². The summed E-state index contributed by atoms with van der Waals surface area (Å²) in [6.07, 6.45) is 6.81. The molecule has 3 nitrogen and oxygen atoms in total. The molecular formula is C15H31N3. The van der Waals surface area contributed by atoms with Crippen molar-refractivity contribution in [1.82, 2.24) is 15.1 Å². The lowest BCUT2D eigenvalue weighted by molar-refractivity contribution is 0.0417.